The molecule has 0 aliphatic carbocycles. The van der Waals surface area contributed by atoms with Gasteiger partial charge in [0.15, 0.2) is 0 Å². The summed E-state index contributed by atoms with van der Waals surface area (Å²) in [6, 6.07) is 0. The van der Waals surface area contributed by atoms with E-state index in [0.29, 0.717) is 5.95 Å². The van der Waals surface area contributed by atoms with E-state index in [1.54, 1.807) is 12.4 Å². The fraction of sp³-hybridized carbons (Fsp3) is 0.364. The third-order valence-electron chi connectivity index (χ3n) is 2.90. The zero-order valence-electron chi connectivity index (χ0n) is 9.32. The minimum Gasteiger partial charge on any atom is -0.392 e. The van der Waals surface area contributed by atoms with E-state index in [4.69, 9.17) is 5.11 Å². The predicted octanol–water partition coefficient (Wildman–Crippen LogP) is 0.186. The molecule has 0 aromatic carbocycles. The van der Waals surface area contributed by atoms with E-state index >= 15 is 0 Å². The van der Waals surface area contributed by atoms with E-state index in [-0.39, 0.29) is 6.61 Å². The molecule has 3 heterocycles. The van der Waals surface area contributed by atoms with Crippen molar-refractivity contribution in [2.45, 2.75) is 19.7 Å². The molecule has 2 aromatic rings. The maximum Gasteiger partial charge on any atom is 0.225 e. The summed E-state index contributed by atoms with van der Waals surface area (Å²) >= 11 is 0. The normalized spacial score (nSPS) is 14.8. The van der Waals surface area contributed by atoms with E-state index in [1.807, 2.05) is 12.4 Å². The van der Waals surface area contributed by atoms with Gasteiger partial charge in [-0.1, -0.05) is 0 Å². The molecule has 0 fully saturated rings. The zero-order valence-corrected chi connectivity index (χ0v) is 9.32. The number of aliphatic hydroxyl groups is 1. The fourth-order valence-electron chi connectivity index (χ4n) is 1.94. The minimum absolute atomic E-state index is 0.0231. The van der Waals surface area contributed by atoms with Gasteiger partial charge < -0.3 is 14.6 Å². The Bertz CT molecular complexity index is 507. The molecule has 3 rings (SSSR count). The van der Waals surface area contributed by atoms with Gasteiger partial charge in [0.2, 0.25) is 5.95 Å². The summed E-state index contributed by atoms with van der Waals surface area (Å²) in [6.45, 7) is 2.48. The van der Waals surface area contributed by atoms with Crippen molar-refractivity contribution in [2.75, 3.05) is 11.4 Å². The topological polar surface area (TPSA) is 67.1 Å². The van der Waals surface area contributed by atoms with Gasteiger partial charge in [-0.15, -0.1) is 0 Å². The van der Waals surface area contributed by atoms with Crippen LogP contribution in [0.15, 0.2) is 24.8 Å². The Hall–Kier alpha value is -1.95. The molecule has 6 heteroatoms. The number of rotatable bonds is 2. The van der Waals surface area contributed by atoms with Crippen LogP contribution in [0.1, 0.15) is 11.4 Å². The van der Waals surface area contributed by atoms with E-state index in [2.05, 4.69) is 24.4 Å². The van der Waals surface area contributed by atoms with Crippen LogP contribution in [-0.4, -0.2) is 31.2 Å². The molecule has 0 bridgehead atoms. The maximum absolute atomic E-state index is 8.93. The zero-order chi connectivity index (χ0) is 11.7. The number of fused-ring (bicyclic) bond motifs is 1. The highest BCUT2D eigenvalue weighted by atomic mass is 16.3. The molecule has 0 saturated heterocycles. The standard InChI is InChI=1S/C11H13N5O/c17-8-9-5-13-11(14-6-9)16-4-3-15-2-1-12-10(15)7-16/h1-2,5-6,17H,3-4,7-8H2. The van der Waals surface area contributed by atoms with Crippen LogP contribution >= 0.6 is 0 Å². The highest BCUT2D eigenvalue weighted by molar-refractivity contribution is 5.31. The summed E-state index contributed by atoms with van der Waals surface area (Å²) < 4.78 is 2.14. The van der Waals surface area contributed by atoms with Crippen molar-refractivity contribution in [2.24, 2.45) is 0 Å². The van der Waals surface area contributed by atoms with Crippen molar-refractivity contribution in [1.82, 2.24) is 19.5 Å². The Balaban J connectivity index is 1.81. The van der Waals surface area contributed by atoms with E-state index < -0.39 is 0 Å². The van der Waals surface area contributed by atoms with Crippen LogP contribution in [0.2, 0.25) is 0 Å². The number of hydrogen-bond acceptors (Lipinski definition) is 5. The van der Waals surface area contributed by atoms with Gasteiger partial charge in [0.05, 0.1) is 13.2 Å². The largest absolute Gasteiger partial charge is 0.392 e. The van der Waals surface area contributed by atoms with Crippen LogP contribution in [0.3, 0.4) is 0 Å². The number of anilines is 1. The molecule has 0 radical (unpaired) electrons. The predicted molar refractivity (Wildman–Crippen MR) is 61.2 cm³/mol. The number of aromatic nitrogens is 4. The number of imidazole rings is 1. The summed E-state index contributed by atoms with van der Waals surface area (Å²) in [5, 5.41) is 8.93. The minimum atomic E-state index is -0.0231. The quantitative estimate of drug-likeness (QED) is 0.799. The van der Waals surface area contributed by atoms with Gasteiger partial charge in [-0.05, 0) is 0 Å². The molecule has 1 N–H and O–H groups in total. The van der Waals surface area contributed by atoms with Crippen molar-refractivity contribution in [3.8, 4) is 0 Å². The molecule has 0 amide bonds. The van der Waals surface area contributed by atoms with Gasteiger partial charge in [0.25, 0.3) is 0 Å². The first-order chi connectivity index (χ1) is 8.36. The average Bonchev–Trinajstić information content (AvgIpc) is 2.86. The Kier molecular flexibility index (Phi) is 2.49. The fourth-order valence-corrected chi connectivity index (χ4v) is 1.94. The lowest BCUT2D eigenvalue weighted by Crippen LogP contribution is -2.34. The van der Waals surface area contributed by atoms with E-state index in [0.717, 1.165) is 31.0 Å². The first-order valence-corrected chi connectivity index (χ1v) is 5.53. The molecular formula is C11H13N5O. The first-order valence-electron chi connectivity index (χ1n) is 5.53. The van der Waals surface area contributed by atoms with Crippen LogP contribution in [-0.2, 0) is 19.7 Å². The molecule has 0 atom stereocenters. The molecule has 0 spiro atoms. The Morgan fingerprint density at radius 2 is 2.00 bits per heavy atom. The summed E-state index contributed by atoms with van der Waals surface area (Å²) in [4.78, 5) is 14.9. The lowest BCUT2D eigenvalue weighted by atomic mass is 10.3. The monoisotopic (exact) mass is 231 g/mol. The van der Waals surface area contributed by atoms with Gasteiger partial charge >= 0.3 is 0 Å². The number of hydrogen-bond donors (Lipinski definition) is 1. The highest BCUT2D eigenvalue weighted by Gasteiger charge is 2.18. The SMILES string of the molecule is OCc1cnc(N2CCn3ccnc3C2)nc1. The maximum atomic E-state index is 8.93. The molecule has 1 aliphatic rings. The van der Waals surface area contributed by atoms with Crippen molar-refractivity contribution >= 4 is 5.95 Å². The average molecular weight is 231 g/mol. The molecule has 17 heavy (non-hydrogen) atoms. The Morgan fingerprint density at radius 1 is 1.18 bits per heavy atom. The van der Waals surface area contributed by atoms with Crippen LogP contribution < -0.4 is 4.90 Å². The second-order valence-electron chi connectivity index (χ2n) is 4.01. The molecule has 88 valence electrons. The first kappa shape index (κ1) is 10.2. The summed E-state index contributed by atoms with van der Waals surface area (Å²) in [5.74, 6) is 1.72. The van der Waals surface area contributed by atoms with E-state index in [9.17, 15) is 0 Å². The molecule has 0 saturated carbocycles. The molecule has 1 aliphatic heterocycles. The third kappa shape index (κ3) is 1.87. The van der Waals surface area contributed by atoms with Gasteiger partial charge in [-0.3, -0.25) is 0 Å². The Morgan fingerprint density at radius 3 is 2.76 bits per heavy atom. The highest BCUT2D eigenvalue weighted by Crippen LogP contribution is 2.15. The lowest BCUT2D eigenvalue weighted by molar-refractivity contribution is 0.281. The summed E-state index contributed by atoms with van der Waals surface area (Å²) in [6.07, 6.45) is 7.11. The summed E-state index contributed by atoms with van der Waals surface area (Å²) in [5.41, 5.74) is 0.729. The lowest BCUT2D eigenvalue weighted by Gasteiger charge is -2.27. The van der Waals surface area contributed by atoms with Crippen molar-refractivity contribution in [1.29, 1.82) is 0 Å². The van der Waals surface area contributed by atoms with Crippen LogP contribution in [0.5, 0.6) is 0 Å². The van der Waals surface area contributed by atoms with Crippen molar-refractivity contribution in [3.63, 3.8) is 0 Å². The summed E-state index contributed by atoms with van der Waals surface area (Å²) in [7, 11) is 0. The van der Waals surface area contributed by atoms with Crippen LogP contribution in [0, 0.1) is 0 Å². The van der Waals surface area contributed by atoms with Gasteiger partial charge in [0.1, 0.15) is 5.82 Å². The van der Waals surface area contributed by atoms with Gasteiger partial charge in [-0.25, -0.2) is 15.0 Å². The number of aliphatic hydroxyl groups excluding tert-OH is 1. The number of nitrogens with zero attached hydrogens (tertiary/aromatic N) is 5. The second kappa shape index (κ2) is 4.14. The second-order valence-corrected chi connectivity index (χ2v) is 4.01. The van der Waals surface area contributed by atoms with Crippen LogP contribution in [0.25, 0.3) is 0 Å². The van der Waals surface area contributed by atoms with E-state index in [1.165, 1.54) is 0 Å². The molecule has 6 nitrogen and oxygen atoms in total. The molecular weight excluding hydrogens is 218 g/mol. The third-order valence-corrected chi connectivity index (χ3v) is 2.90. The van der Waals surface area contributed by atoms with Gasteiger partial charge in [-0.2, -0.15) is 0 Å². The van der Waals surface area contributed by atoms with Crippen LogP contribution in [0.4, 0.5) is 5.95 Å². The molecule has 0 unspecified atom stereocenters. The van der Waals surface area contributed by atoms with Crippen molar-refractivity contribution in [3.05, 3.63) is 36.2 Å². The van der Waals surface area contributed by atoms with Gasteiger partial charge in [0, 0.05) is 43.4 Å². The smallest absolute Gasteiger partial charge is 0.225 e. The Labute approximate surface area is 98.6 Å². The molecule has 2 aromatic heterocycles. The van der Waals surface area contributed by atoms with Crippen molar-refractivity contribution < 1.29 is 5.11 Å².